The third-order valence-corrected chi connectivity index (χ3v) is 1.62. The number of allylic oxidation sites excluding steroid dienone is 2. The third-order valence-electron chi connectivity index (χ3n) is 1.62. The van der Waals surface area contributed by atoms with Crippen LogP contribution in [0.2, 0.25) is 0 Å². The molecule has 122 valence electrons. The zero-order chi connectivity index (χ0) is 16.8. The highest BCUT2D eigenvalue weighted by Gasteiger charge is 2.18. The van der Waals surface area contributed by atoms with Crippen molar-refractivity contribution in [1.82, 2.24) is 0 Å². The van der Waals surface area contributed by atoms with Crippen molar-refractivity contribution in [2.24, 2.45) is 10.8 Å². The minimum absolute atomic E-state index is 0.215. The van der Waals surface area contributed by atoms with E-state index in [0.717, 1.165) is 0 Å². The Kier molecular flexibility index (Phi) is 8.35. The van der Waals surface area contributed by atoms with Crippen molar-refractivity contribution in [3.05, 3.63) is 12.2 Å². The molecule has 0 heterocycles. The summed E-state index contributed by atoms with van der Waals surface area (Å²) in [6, 6.07) is 0. The fraction of sp³-hybridized carbons (Fsp3) is 0.889. The Morgan fingerprint density at radius 2 is 0.650 bits per heavy atom. The summed E-state index contributed by atoms with van der Waals surface area (Å²) in [6.07, 6.45) is 4.54. The highest BCUT2D eigenvalue weighted by molar-refractivity contribution is 4.98. The van der Waals surface area contributed by atoms with Crippen LogP contribution in [0.15, 0.2) is 12.2 Å². The fourth-order valence-electron chi connectivity index (χ4n) is 0.750. The van der Waals surface area contributed by atoms with Gasteiger partial charge in [-0.1, -0.05) is 53.7 Å². The zero-order valence-corrected chi connectivity index (χ0v) is 16.0. The predicted octanol–water partition coefficient (Wildman–Crippen LogP) is 6.17. The molecule has 0 aliphatic heterocycles. The van der Waals surface area contributed by atoms with E-state index in [9.17, 15) is 0 Å². The van der Waals surface area contributed by atoms with E-state index in [0.29, 0.717) is 10.8 Å². The average Bonchev–Trinajstić information content (AvgIpc) is 2.09. The van der Waals surface area contributed by atoms with Gasteiger partial charge < -0.3 is 0 Å². The zero-order valence-electron chi connectivity index (χ0n) is 16.0. The largest absolute Gasteiger partial charge is 0.230 e. The van der Waals surface area contributed by atoms with Crippen LogP contribution in [0, 0.1) is 10.8 Å². The van der Waals surface area contributed by atoms with Gasteiger partial charge in [-0.2, -0.15) is 0 Å². The molecule has 0 aliphatic rings. The Labute approximate surface area is 127 Å². The lowest BCUT2D eigenvalue weighted by Crippen LogP contribution is -2.27. The highest BCUT2D eigenvalue weighted by atomic mass is 17.2. The minimum Gasteiger partial charge on any atom is -0.230 e. The van der Waals surface area contributed by atoms with Crippen LogP contribution in [0.3, 0.4) is 0 Å². The third kappa shape index (κ3) is 26.3. The second-order valence-corrected chi connectivity index (χ2v) is 9.46. The van der Waals surface area contributed by atoms with Crippen molar-refractivity contribution in [1.29, 1.82) is 0 Å². The first kappa shape index (κ1) is 21.9. The first-order valence-corrected chi connectivity index (χ1v) is 7.49. The molecule has 0 aromatic heterocycles. The molecular formula is C18H38O2. The summed E-state index contributed by atoms with van der Waals surface area (Å²) in [5, 5.41) is 0. The predicted molar refractivity (Wildman–Crippen MR) is 89.7 cm³/mol. The summed E-state index contributed by atoms with van der Waals surface area (Å²) in [4.78, 5) is 10.2. The quantitative estimate of drug-likeness (QED) is 0.326. The van der Waals surface area contributed by atoms with Crippen molar-refractivity contribution < 1.29 is 9.78 Å². The second-order valence-electron chi connectivity index (χ2n) is 9.46. The summed E-state index contributed by atoms with van der Waals surface area (Å²) < 4.78 is 0. The SMILES string of the molecule is CC(C)(C)C=CC(C)(C)C.CC(C)(C)OOC(C)(C)C. The smallest absolute Gasteiger partial charge is 0.0952 e. The molecule has 0 spiro atoms. The van der Waals surface area contributed by atoms with Crippen molar-refractivity contribution in [3.8, 4) is 0 Å². The summed E-state index contributed by atoms with van der Waals surface area (Å²) >= 11 is 0. The molecule has 0 saturated heterocycles. The first-order chi connectivity index (χ1) is 8.41. The number of hydrogen-bond acceptors (Lipinski definition) is 2. The van der Waals surface area contributed by atoms with Gasteiger partial charge in [0.2, 0.25) is 0 Å². The molecule has 2 nitrogen and oxygen atoms in total. The van der Waals surface area contributed by atoms with Gasteiger partial charge >= 0.3 is 0 Å². The Morgan fingerprint density at radius 1 is 0.450 bits per heavy atom. The molecule has 0 N–H and O–H groups in total. The van der Waals surface area contributed by atoms with Crippen LogP contribution in [-0.2, 0) is 9.78 Å². The maximum atomic E-state index is 5.09. The van der Waals surface area contributed by atoms with Crippen LogP contribution < -0.4 is 0 Å². The van der Waals surface area contributed by atoms with Gasteiger partial charge in [0, 0.05) is 0 Å². The van der Waals surface area contributed by atoms with Gasteiger partial charge in [0.05, 0.1) is 11.2 Å². The van der Waals surface area contributed by atoms with E-state index in [4.69, 9.17) is 9.78 Å². The molecule has 0 aromatic rings. The summed E-state index contributed by atoms with van der Waals surface area (Å²) in [5.41, 5.74) is 0.223. The highest BCUT2D eigenvalue weighted by Crippen LogP contribution is 2.21. The van der Waals surface area contributed by atoms with E-state index in [1.54, 1.807) is 0 Å². The molecule has 0 fully saturated rings. The Morgan fingerprint density at radius 3 is 0.750 bits per heavy atom. The summed E-state index contributed by atoms with van der Waals surface area (Å²) in [6.45, 7) is 25.0. The van der Waals surface area contributed by atoms with Gasteiger partial charge in [0.1, 0.15) is 0 Å². The van der Waals surface area contributed by atoms with Gasteiger partial charge in [-0.3, -0.25) is 0 Å². The van der Waals surface area contributed by atoms with Crippen LogP contribution >= 0.6 is 0 Å². The number of hydrogen-bond donors (Lipinski definition) is 0. The molecule has 0 aliphatic carbocycles. The minimum atomic E-state index is -0.215. The van der Waals surface area contributed by atoms with E-state index in [-0.39, 0.29) is 11.2 Å². The summed E-state index contributed by atoms with van der Waals surface area (Å²) in [7, 11) is 0. The molecule has 0 unspecified atom stereocenters. The van der Waals surface area contributed by atoms with E-state index in [1.165, 1.54) is 0 Å². The maximum absolute atomic E-state index is 5.09. The monoisotopic (exact) mass is 286 g/mol. The molecule has 0 aromatic carbocycles. The molecular weight excluding hydrogens is 248 g/mol. The molecule has 0 saturated carbocycles. The van der Waals surface area contributed by atoms with E-state index in [1.807, 2.05) is 41.5 Å². The van der Waals surface area contributed by atoms with Gasteiger partial charge in [0.15, 0.2) is 0 Å². The van der Waals surface area contributed by atoms with Crippen LogP contribution in [-0.4, -0.2) is 11.2 Å². The molecule has 2 heteroatoms. The van der Waals surface area contributed by atoms with Gasteiger partial charge in [0.25, 0.3) is 0 Å². The van der Waals surface area contributed by atoms with E-state index < -0.39 is 0 Å². The lowest BCUT2D eigenvalue weighted by atomic mass is 9.89. The first-order valence-electron chi connectivity index (χ1n) is 7.49. The topological polar surface area (TPSA) is 18.5 Å². The Balaban J connectivity index is 0. The lowest BCUT2D eigenvalue weighted by Gasteiger charge is -2.24. The van der Waals surface area contributed by atoms with E-state index in [2.05, 4.69) is 53.7 Å². The molecule has 0 radical (unpaired) electrons. The Bertz CT molecular complexity index is 245. The maximum Gasteiger partial charge on any atom is 0.0952 e. The van der Waals surface area contributed by atoms with Crippen molar-refractivity contribution in [2.75, 3.05) is 0 Å². The molecule has 20 heavy (non-hydrogen) atoms. The lowest BCUT2D eigenvalue weighted by molar-refractivity contribution is -0.393. The normalized spacial score (nSPS) is 14.2. The molecule has 0 atom stereocenters. The summed E-state index contributed by atoms with van der Waals surface area (Å²) in [5.74, 6) is 0. The van der Waals surface area contributed by atoms with Crippen molar-refractivity contribution >= 4 is 0 Å². The van der Waals surface area contributed by atoms with Gasteiger partial charge in [-0.15, -0.1) is 0 Å². The van der Waals surface area contributed by atoms with Crippen LogP contribution in [0.1, 0.15) is 83.1 Å². The fourth-order valence-corrected chi connectivity index (χ4v) is 0.750. The van der Waals surface area contributed by atoms with E-state index >= 15 is 0 Å². The standard InChI is InChI=1S/C10H20.C8H18O2/c1-9(2,3)7-8-10(4,5)6;1-7(2,3)9-10-8(4,5)6/h7-8H,1-6H3;1-6H3. The average molecular weight is 286 g/mol. The molecule has 0 amide bonds. The molecule has 0 bridgehead atoms. The van der Waals surface area contributed by atoms with Crippen LogP contribution in [0.25, 0.3) is 0 Å². The number of rotatable bonds is 1. The van der Waals surface area contributed by atoms with Crippen LogP contribution in [0.4, 0.5) is 0 Å². The Hall–Kier alpha value is -0.340. The van der Waals surface area contributed by atoms with Gasteiger partial charge in [-0.05, 0) is 52.4 Å². The molecule has 0 rings (SSSR count). The second kappa shape index (κ2) is 7.61. The van der Waals surface area contributed by atoms with Crippen molar-refractivity contribution in [3.63, 3.8) is 0 Å². The van der Waals surface area contributed by atoms with Crippen molar-refractivity contribution in [2.45, 2.75) is 94.3 Å². The van der Waals surface area contributed by atoms with Gasteiger partial charge in [-0.25, -0.2) is 9.78 Å². The van der Waals surface area contributed by atoms with Crippen LogP contribution in [0.5, 0.6) is 0 Å².